The molecule has 4 atom stereocenters. The molecule has 0 radical (unpaired) electrons. The SMILES string of the molecule is CCNCC1CCN(C2CC3CCC2C3)C1. The molecular weight excluding hydrogens is 196 g/mol. The Morgan fingerprint density at radius 3 is 2.81 bits per heavy atom. The van der Waals surface area contributed by atoms with Gasteiger partial charge >= 0.3 is 0 Å². The predicted molar refractivity (Wildman–Crippen MR) is 67.5 cm³/mol. The average molecular weight is 222 g/mol. The number of nitrogens with one attached hydrogen (secondary N) is 1. The first-order valence-corrected chi connectivity index (χ1v) is 7.31. The van der Waals surface area contributed by atoms with Crippen molar-refractivity contribution in [1.82, 2.24) is 10.2 Å². The van der Waals surface area contributed by atoms with Gasteiger partial charge in [-0.05, 0) is 63.1 Å². The first-order valence-electron chi connectivity index (χ1n) is 7.31. The van der Waals surface area contributed by atoms with E-state index in [4.69, 9.17) is 0 Å². The van der Waals surface area contributed by atoms with Crippen LogP contribution in [0, 0.1) is 17.8 Å². The maximum atomic E-state index is 3.51. The largest absolute Gasteiger partial charge is 0.317 e. The lowest BCUT2D eigenvalue weighted by Crippen LogP contribution is -2.38. The Balaban J connectivity index is 1.50. The molecule has 0 aromatic rings. The third-order valence-corrected chi connectivity index (χ3v) is 5.17. The Hall–Kier alpha value is -0.0800. The average Bonchev–Trinajstić information content (AvgIpc) is 3.01. The molecule has 3 fully saturated rings. The molecule has 2 bridgehead atoms. The molecule has 2 heteroatoms. The van der Waals surface area contributed by atoms with E-state index in [9.17, 15) is 0 Å². The summed E-state index contributed by atoms with van der Waals surface area (Å²) < 4.78 is 0. The van der Waals surface area contributed by atoms with Crippen LogP contribution in [0.2, 0.25) is 0 Å². The highest BCUT2D eigenvalue weighted by atomic mass is 15.2. The molecule has 2 aliphatic carbocycles. The Labute approximate surface area is 99.8 Å². The molecule has 3 rings (SSSR count). The molecule has 2 nitrogen and oxygen atoms in total. The van der Waals surface area contributed by atoms with E-state index in [1.165, 1.54) is 45.3 Å². The minimum atomic E-state index is 0.930. The van der Waals surface area contributed by atoms with Gasteiger partial charge in [-0.1, -0.05) is 13.3 Å². The lowest BCUT2D eigenvalue weighted by Gasteiger charge is -2.31. The number of nitrogens with zero attached hydrogens (tertiary/aromatic N) is 1. The van der Waals surface area contributed by atoms with E-state index >= 15 is 0 Å². The van der Waals surface area contributed by atoms with Gasteiger partial charge in [0.15, 0.2) is 0 Å². The summed E-state index contributed by atoms with van der Waals surface area (Å²) in [5.41, 5.74) is 0. The molecule has 2 saturated carbocycles. The Kier molecular flexibility index (Phi) is 3.21. The molecule has 0 aromatic carbocycles. The van der Waals surface area contributed by atoms with Crippen molar-refractivity contribution in [3.63, 3.8) is 0 Å². The first kappa shape index (κ1) is 11.0. The fourth-order valence-corrected chi connectivity index (χ4v) is 4.34. The van der Waals surface area contributed by atoms with Gasteiger partial charge in [-0.2, -0.15) is 0 Å². The van der Waals surface area contributed by atoms with Crippen molar-refractivity contribution in [2.45, 2.75) is 45.1 Å². The lowest BCUT2D eigenvalue weighted by atomic mass is 9.94. The van der Waals surface area contributed by atoms with Crippen molar-refractivity contribution in [2.24, 2.45) is 17.8 Å². The zero-order valence-electron chi connectivity index (χ0n) is 10.6. The van der Waals surface area contributed by atoms with Gasteiger partial charge in [-0.15, -0.1) is 0 Å². The summed E-state index contributed by atoms with van der Waals surface area (Å²) in [6.07, 6.45) is 7.58. The minimum Gasteiger partial charge on any atom is -0.317 e. The van der Waals surface area contributed by atoms with Crippen molar-refractivity contribution in [1.29, 1.82) is 0 Å². The Morgan fingerprint density at radius 2 is 2.12 bits per heavy atom. The third-order valence-electron chi connectivity index (χ3n) is 5.17. The summed E-state index contributed by atoms with van der Waals surface area (Å²) in [4.78, 5) is 2.83. The van der Waals surface area contributed by atoms with Crippen LogP contribution in [-0.4, -0.2) is 37.1 Å². The molecular formula is C14H26N2. The Bertz CT molecular complexity index is 241. The molecule has 1 saturated heterocycles. The fraction of sp³-hybridized carbons (Fsp3) is 1.00. The van der Waals surface area contributed by atoms with Crippen LogP contribution >= 0.6 is 0 Å². The van der Waals surface area contributed by atoms with Gasteiger partial charge in [0.05, 0.1) is 0 Å². The number of hydrogen-bond acceptors (Lipinski definition) is 2. The number of rotatable bonds is 4. The van der Waals surface area contributed by atoms with Crippen molar-refractivity contribution in [3.05, 3.63) is 0 Å². The number of likely N-dealkylation sites (tertiary alicyclic amines) is 1. The van der Waals surface area contributed by atoms with E-state index in [2.05, 4.69) is 17.1 Å². The summed E-state index contributed by atoms with van der Waals surface area (Å²) in [5, 5.41) is 3.51. The molecule has 92 valence electrons. The lowest BCUT2D eigenvalue weighted by molar-refractivity contribution is 0.169. The second-order valence-corrected chi connectivity index (χ2v) is 6.20. The van der Waals surface area contributed by atoms with Gasteiger partial charge in [0.2, 0.25) is 0 Å². The topological polar surface area (TPSA) is 15.3 Å². The van der Waals surface area contributed by atoms with Crippen LogP contribution in [0.3, 0.4) is 0 Å². The summed E-state index contributed by atoms with van der Waals surface area (Å²) in [5.74, 6) is 3.10. The third kappa shape index (κ3) is 2.02. The van der Waals surface area contributed by atoms with E-state index in [1.807, 2.05) is 0 Å². The fourth-order valence-electron chi connectivity index (χ4n) is 4.34. The summed E-state index contributed by atoms with van der Waals surface area (Å²) >= 11 is 0. The van der Waals surface area contributed by atoms with Crippen LogP contribution in [0.25, 0.3) is 0 Å². The van der Waals surface area contributed by atoms with E-state index < -0.39 is 0 Å². The summed E-state index contributed by atoms with van der Waals surface area (Å²) in [7, 11) is 0. The molecule has 1 aliphatic heterocycles. The van der Waals surface area contributed by atoms with Gasteiger partial charge in [-0.3, -0.25) is 4.90 Å². The minimum absolute atomic E-state index is 0.930. The number of hydrogen-bond donors (Lipinski definition) is 1. The predicted octanol–water partition coefficient (Wildman–Crippen LogP) is 2.11. The highest BCUT2D eigenvalue weighted by molar-refractivity contribution is 4.97. The smallest absolute Gasteiger partial charge is 0.0126 e. The van der Waals surface area contributed by atoms with Crippen LogP contribution in [0.4, 0.5) is 0 Å². The van der Waals surface area contributed by atoms with E-state index in [0.29, 0.717) is 0 Å². The van der Waals surface area contributed by atoms with Gasteiger partial charge < -0.3 is 5.32 Å². The summed E-state index contributed by atoms with van der Waals surface area (Å²) in [6, 6.07) is 0.977. The monoisotopic (exact) mass is 222 g/mol. The molecule has 0 amide bonds. The number of fused-ring (bicyclic) bond motifs is 2. The highest BCUT2D eigenvalue weighted by Crippen LogP contribution is 2.47. The molecule has 16 heavy (non-hydrogen) atoms. The van der Waals surface area contributed by atoms with Crippen molar-refractivity contribution < 1.29 is 0 Å². The van der Waals surface area contributed by atoms with Gasteiger partial charge in [0, 0.05) is 12.6 Å². The summed E-state index contributed by atoms with van der Waals surface area (Å²) in [6.45, 7) is 7.34. The molecule has 4 unspecified atom stereocenters. The first-order chi connectivity index (χ1) is 7.86. The van der Waals surface area contributed by atoms with Gasteiger partial charge in [0.25, 0.3) is 0 Å². The van der Waals surface area contributed by atoms with Crippen LogP contribution < -0.4 is 5.32 Å². The van der Waals surface area contributed by atoms with Crippen LogP contribution in [0.1, 0.15) is 39.0 Å². The van der Waals surface area contributed by atoms with Crippen molar-refractivity contribution in [2.75, 3.05) is 26.2 Å². The maximum absolute atomic E-state index is 3.51. The van der Waals surface area contributed by atoms with Crippen molar-refractivity contribution >= 4 is 0 Å². The van der Waals surface area contributed by atoms with E-state index in [-0.39, 0.29) is 0 Å². The van der Waals surface area contributed by atoms with E-state index in [1.54, 1.807) is 6.42 Å². The second-order valence-electron chi connectivity index (χ2n) is 6.20. The molecule has 1 N–H and O–H groups in total. The molecule has 0 spiro atoms. The van der Waals surface area contributed by atoms with Crippen LogP contribution in [-0.2, 0) is 0 Å². The van der Waals surface area contributed by atoms with Crippen LogP contribution in [0.15, 0.2) is 0 Å². The highest BCUT2D eigenvalue weighted by Gasteiger charge is 2.43. The van der Waals surface area contributed by atoms with Crippen LogP contribution in [0.5, 0.6) is 0 Å². The maximum Gasteiger partial charge on any atom is 0.0126 e. The zero-order chi connectivity index (χ0) is 11.0. The van der Waals surface area contributed by atoms with Crippen molar-refractivity contribution in [3.8, 4) is 0 Å². The standard InChI is InChI=1S/C14H26N2/c1-2-15-9-12-5-6-16(10-12)14-8-11-3-4-13(14)7-11/h11-15H,2-10H2,1H3. The molecule has 1 heterocycles. The van der Waals surface area contributed by atoms with Gasteiger partial charge in [-0.25, -0.2) is 0 Å². The second kappa shape index (κ2) is 4.66. The van der Waals surface area contributed by atoms with E-state index in [0.717, 1.165) is 30.3 Å². The van der Waals surface area contributed by atoms with Gasteiger partial charge in [0.1, 0.15) is 0 Å². The quantitative estimate of drug-likeness (QED) is 0.784. The normalized spacial score (nSPS) is 43.3. The molecule has 3 aliphatic rings. The molecule has 0 aromatic heterocycles. The zero-order valence-corrected chi connectivity index (χ0v) is 10.6. The Morgan fingerprint density at radius 1 is 1.19 bits per heavy atom.